The van der Waals surface area contributed by atoms with Crippen molar-refractivity contribution in [1.29, 1.82) is 0 Å². The zero-order valence-corrected chi connectivity index (χ0v) is 27.9. The zero-order chi connectivity index (χ0) is 35.3. The van der Waals surface area contributed by atoms with E-state index in [0.29, 0.717) is 0 Å². The minimum Gasteiger partial charge on any atom is -0.469 e. The van der Waals surface area contributed by atoms with Crippen LogP contribution in [0.5, 0.6) is 0 Å². The van der Waals surface area contributed by atoms with E-state index in [-0.39, 0.29) is 11.3 Å². The fourth-order valence-corrected chi connectivity index (χ4v) is 5.52. The molecule has 0 unspecified atom stereocenters. The monoisotopic (exact) mass is 684 g/mol. The molecule has 0 spiro atoms. The summed E-state index contributed by atoms with van der Waals surface area (Å²) in [5.74, 6) is -4.30. The number of aryl methyl sites for hydroxylation is 1. The predicted molar refractivity (Wildman–Crippen MR) is 162 cm³/mol. The highest BCUT2D eigenvalue weighted by Crippen LogP contribution is 2.30. The fourth-order valence-electron chi connectivity index (χ4n) is 4.25. The highest BCUT2D eigenvalue weighted by Gasteiger charge is 2.53. The van der Waals surface area contributed by atoms with Gasteiger partial charge in [0.2, 0.25) is 16.1 Å². The van der Waals surface area contributed by atoms with E-state index in [2.05, 4.69) is 14.6 Å². The van der Waals surface area contributed by atoms with Gasteiger partial charge >= 0.3 is 29.8 Å². The van der Waals surface area contributed by atoms with E-state index in [1.54, 1.807) is 32.1 Å². The summed E-state index contributed by atoms with van der Waals surface area (Å²) in [7, 11) is -2.86. The third-order valence-electron chi connectivity index (χ3n) is 6.48. The minimum absolute atomic E-state index is 0.0206. The van der Waals surface area contributed by atoms with Gasteiger partial charge in [0.15, 0.2) is 12.2 Å². The largest absolute Gasteiger partial charge is 0.469 e. The van der Waals surface area contributed by atoms with Crippen molar-refractivity contribution in [3.8, 4) is 0 Å². The SMILES string of the molecule is COC(=O)CC=C[C@@H](C)[C@@H](C=NO[C@@H]1O[C@H](COC(C)=O)[C@@H](OC(C)=O)[C@H](OC(C)=O)[C@H]1OC(C)=O)NS(=O)(=O)c1ccc(C)cc1. The molecule has 0 saturated carbocycles. The Morgan fingerprint density at radius 2 is 1.49 bits per heavy atom. The van der Waals surface area contributed by atoms with Crippen molar-refractivity contribution in [1.82, 2.24) is 4.72 Å². The first-order chi connectivity index (χ1) is 22.0. The lowest BCUT2D eigenvalue weighted by Crippen LogP contribution is -2.62. The first kappa shape index (κ1) is 38.8. The van der Waals surface area contributed by atoms with Crippen LogP contribution in [0.2, 0.25) is 0 Å². The number of hydrogen-bond acceptors (Lipinski definition) is 15. The Bertz CT molecular complexity index is 1430. The Kier molecular flexibility index (Phi) is 15.0. The lowest BCUT2D eigenvalue weighted by molar-refractivity contribution is -0.308. The molecule has 0 aliphatic carbocycles. The van der Waals surface area contributed by atoms with Crippen LogP contribution in [-0.4, -0.2) is 94.9 Å². The van der Waals surface area contributed by atoms with Gasteiger partial charge in [-0.25, -0.2) is 13.1 Å². The second-order valence-electron chi connectivity index (χ2n) is 10.5. The van der Waals surface area contributed by atoms with Crippen LogP contribution in [0.25, 0.3) is 0 Å². The minimum atomic E-state index is -4.09. The average molecular weight is 685 g/mol. The van der Waals surface area contributed by atoms with Gasteiger partial charge in [0, 0.05) is 27.7 Å². The summed E-state index contributed by atoms with van der Waals surface area (Å²) < 4.78 is 60.5. The smallest absolute Gasteiger partial charge is 0.309 e. The maximum atomic E-state index is 13.2. The van der Waals surface area contributed by atoms with Crippen LogP contribution in [0.15, 0.2) is 46.5 Å². The van der Waals surface area contributed by atoms with Gasteiger partial charge in [-0.05, 0) is 25.0 Å². The number of methoxy groups -OCH3 is 1. The zero-order valence-electron chi connectivity index (χ0n) is 27.1. The number of ether oxygens (including phenoxy) is 6. The third kappa shape index (κ3) is 12.8. The van der Waals surface area contributed by atoms with Crippen LogP contribution in [0, 0.1) is 12.8 Å². The maximum absolute atomic E-state index is 13.2. The molecule has 1 aliphatic rings. The summed E-state index contributed by atoms with van der Waals surface area (Å²) in [6.45, 7) is 7.32. The molecule has 1 fully saturated rings. The van der Waals surface area contributed by atoms with Crippen LogP contribution >= 0.6 is 0 Å². The van der Waals surface area contributed by atoms with Gasteiger partial charge in [-0.2, -0.15) is 0 Å². The predicted octanol–water partition coefficient (Wildman–Crippen LogP) is 1.48. The van der Waals surface area contributed by atoms with Gasteiger partial charge in [0.1, 0.15) is 12.7 Å². The summed E-state index contributed by atoms with van der Waals surface area (Å²) >= 11 is 0. The van der Waals surface area contributed by atoms with E-state index in [1.165, 1.54) is 25.3 Å². The molecule has 2 rings (SSSR count). The number of esters is 5. The number of hydrogen-bond donors (Lipinski definition) is 1. The molecule has 0 radical (unpaired) electrons. The van der Waals surface area contributed by atoms with Gasteiger partial charge in [0.05, 0.1) is 30.7 Å². The Morgan fingerprint density at radius 3 is 2.04 bits per heavy atom. The van der Waals surface area contributed by atoms with Gasteiger partial charge in [0.25, 0.3) is 6.29 Å². The average Bonchev–Trinajstić information content (AvgIpc) is 2.97. The highest BCUT2D eigenvalue weighted by molar-refractivity contribution is 7.89. The number of rotatable bonds is 15. The fraction of sp³-hybridized carbons (Fsp3) is 0.533. The lowest BCUT2D eigenvalue weighted by atomic mass is 9.98. The van der Waals surface area contributed by atoms with Crippen LogP contribution < -0.4 is 4.72 Å². The van der Waals surface area contributed by atoms with Gasteiger partial charge in [-0.3, -0.25) is 24.0 Å². The molecular formula is C30H40N2O14S. The van der Waals surface area contributed by atoms with Crippen molar-refractivity contribution in [2.75, 3.05) is 13.7 Å². The van der Waals surface area contributed by atoms with Crippen molar-refractivity contribution >= 4 is 46.1 Å². The van der Waals surface area contributed by atoms with E-state index in [4.69, 9.17) is 28.5 Å². The number of benzene rings is 1. The normalized spacial score (nSPS) is 22.6. The van der Waals surface area contributed by atoms with Crippen LogP contribution in [-0.2, 0) is 67.3 Å². The number of carbonyl (C=O) groups is 5. The molecule has 260 valence electrons. The van der Waals surface area contributed by atoms with Crippen molar-refractivity contribution in [2.45, 2.75) is 89.6 Å². The molecular weight excluding hydrogens is 644 g/mol. The standard InChI is InChI=1S/C30H40N2O14S/c1-17-11-13-23(14-12-17)47(38,39)32-24(18(2)9-8-10-26(37)40-7)15-31-46-30-29(44-22(6)36)28(43-21(5)35)27(42-20(4)34)25(45-30)16-41-19(3)33/h8-9,11-15,18,24-25,27-30,32H,10,16H2,1-7H3/t18-,24-,25-,27-,28+,29-,30+/m1/s1. The Balaban J connectivity index is 2.47. The molecule has 0 aromatic heterocycles. The molecule has 47 heavy (non-hydrogen) atoms. The molecule has 1 aliphatic heterocycles. The molecule has 16 nitrogen and oxygen atoms in total. The molecule has 0 amide bonds. The molecule has 1 aromatic rings. The highest BCUT2D eigenvalue weighted by atomic mass is 32.2. The molecule has 1 N–H and O–H groups in total. The van der Waals surface area contributed by atoms with Crippen molar-refractivity contribution in [2.24, 2.45) is 11.1 Å². The van der Waals surface area contributed by atoms with E-state index < -0.39 is 89.1 Å². The van der Waals surface area contributed by atoms with E-state index in [9.17, 15) is 32.4 Å². The van der Waals surface area contributed by atoms with E-state index in [1.807, 2.05) is 0 Å². The van der Waals surface area contributed by atoms with Crippen LogP contribution in [0.4, 0.5) is 0 Å². The molecule has 1 aromatic carbocycles. The van der Waals surface area contributed by atoms with Gasteiger partial charge in [-0.1, -0.05) is 41.9 Å². The molecule has 1 saturated heterocycles. The van der Waals surface area contributed by atoms with E-state index >= 15 is 0 Å². The molecule has 1 heterocycles. The Hall–Kier alpha value is -4.35. The maximum Gasteiger partial charge on any atom is 0.309 e. The second kappa shape index (κ2) is 18.1. The van der Waals surface area contributed by atoms with Crippen LogP contribution in [0.1, 0.15) is 46.6 Å². The summed E-state index contributed by atoms with van der Waals surface area (Å²) in [5, 5.41) is 3.90. The number of oxime groups is 1. The van der Waals surface area contributed by atoms with Crippen molar-refractivity contribution < 1.29 is 65.6 Å². The van der Waals surface area contributed by atoms with Crippen LogP contribution in [0.3, 0.4) is 0 Å². The second-order valence-corrected chi connectivity index (χ2v) is 12.2. The Labute approximate surface area is 272 Å². The number of carbonyl (C=O) groups excluding carboxylic acids is 5. The molecule has 0 bridgehead atoms. The molecule has 17 heteroatoms. The van der Waals surface area contributed by atoms with Crippen molar-refractivity contribution in [3.05, 3.63) is 42.0 Å². The number of nitrogens with one attached hydrogen (secondary N) is 1. The van der Waals surface area contributed by atoms with Gasteiger partial charge in [-0.15, -0.1) is 0 Å². The first-order valence-electron chi connectivity index (χ1n) is 14.4. The first-order valence-corrected chi connectivity index (χ1v) is 15.8. The third-order valence-corrected chi connectivity index (χ3v) is 7.95. The summed E-state index contributed by atoms with van der Waals surface area (Å²) in [6.07, 6.45) is -3.27. The van der Waals surface area contributed by atoms with Crippen molar-refractivity contribution in [3.63, 3.8) is 0 Å². The van der Waals surface area contributed by atoms with E-state index in [0.717, 1.165) is 39.5 Å². The number of sulfonamides is 1. The summed E-state index contributed by atoms with van der Waals surface area (Å²) in [5.41, 5.74) is 0.847. The summed E-state index contributed by atoms with van der Waals surface area (Å²) in [4.78, 5) is 64.7. The topological polar surface area (TPSA) is 208 Å². The van der Waals surface area contributed by atoms with Gasteiger partial charge < -0.3 is 33.3 Å². The summed E-state index contributed by atoms with van der Waals surface area (Å²) in [6, 6.07) is 5.05. The lowest BCUT2D eigenvalue weighted by Gasteiger charge is -2.42. The number of nitrogens with zero attached hydrogens (tertiary/aromatic N) is 1. The molecule has 7 atom stereocenters. The quantitative estimate of drug-likeness (QED) is 0.0913. The Morgan fingerprint density at radius 1 is 0.915 bits per heavy atom.